The molecule has 1 fully saturated rings. The van der Waals surface area contributed by atoms with Crippen LogP contribution in [0.25, 0.3) is 0 Å². The summed E-state index contributed by atoms with van der Waals surface area (Å²) in [5, 5.41) is 3.12. The molecule has 0 radical (unpaired) electrons. The zero-order valence-electron chi connectivity index (χ0n) is 16.8. The molecule has 2 aromatic carbocycles. The van der Waals surface area contributed by atoms with E-state index in [-0.39, 0.29) is 11.9 Å². The van der Waals surface area contributed by atoms with E-state index in [1.54, 1.807) is 21.1 Å². The summed E-state index contributed by atoms with van der Waals surface area (Å²) in [7, 11) is 3.30. The van der Waals surface area contributed by atoms with E-state index in [2.05, 4.69) is 10.2 Å². The molecule has 28 heavy (non-hydrogen) atoms. The highest BCUT2D eigenvalue weighted by Gasteiger charge is 2.33. The van der Waals surface area contributed by atoms with Gasteiger partial charge in [-0.15, -0.1) is 0 Å². The number of hydrogen-bond acceptors (Lipinski definition) is 5. The second-order valence-corrected chi connectivity index (χ2v) is 7.48. The summed E-state index contributed by atoms with van der Waals surface area (Å²) in [6, 6.07) is 15.5. The number of rotatable bonds is 7. The van der Waals surface area contributed by atoms with Crippen molar-refractivity contribution < 1.29 is 14.3 Å². The van der Waals surface area contributed by atoms with Gasteiger partial charge in [0, 0.05) is 31.7 Å². The van der Waals surface area contributed by atoms with Gasteiger partial charge in [-0.05, 0) is 36.6 Å². The maximum atomic E-state index is 12.8. The summed E-state index contributed by atoms with van der Waals surface area (Å²) in [4.78, 5) is 15.1. The van der Waals surface area contributed by atoms with E-state index in [0.29, 0.717) is 0 Å². The number of likely N-dealkylation sites (tertiary alicyclic amines) is 1. The van der Waals surface area contributed by atoms with E-state index >= 15 is 0 Å². The third-order valence-electron chi connectivity index (χ3n) is 5.27. The highest BCUT2D eigenvalue weighted by Crippen LogP contribution is 2.25. The van der Waals surface area contributed by atoms with Crippen molar-refractivity contribution >= 4 is 5.91 Å². The quantitative estimate of drug-likeness (QED) is 0.767. The molecule has 0 saturated carbocycles. The number of carbonyl (C=O) groups excluding carboxylic acids is 1. The molecule has 0 spiro atoms. The molecule has 1 heterocycles. The number of nitrogens with two attached hydrogens (primary N) is 1. The summed E-state index contributed by atoms with van der Waals surface area (Å²) in [6.45, 7) is 4.23. The smallest absolute Gasteiger partial charge is 0.244 e. The van der Waals surface area contributed by atoms with Gasteiger partial charge in [-0.25, -0.2) is 0 Å². The molecule has 2 aromatic rings. The second kappa shape index (κ2) is 8.63. The Labute approximate surface area is 166 Å². The lowest BCUT2D eigenvalue weighted by molar-refractivity contribution is -0.126. The summed E-state index contributed by atoms with van der Waals surface area (Å²) in [6.07, 6.45) is 0.901. The van der Waals surface area contributed by atoms with Crippen molar-refractivity contribution in [3.8, 4) is 11.5 Å². The minimum Gasteiger partial charge on any atom is -0.497 e. The fourth-order valence-electron chi connectivity index (χ4n) is 3.56. The summed E-state index contributed by atoms with van der Waals surface area (Å²) in [5.41, 5.74) is 7.21. The van der Waals surface area contributed by atoms with Crippen LogP contribution in [0.4, 0.5) is 0 Å². The Morgan fingerprint density at radius 3 is 2.43 bits per heavy atom. The van der Waals surface area contributed by atoms with Crippen LogP contribution in [0.3, 0.4) is 0 Å². The predicted octanol–water partition coefficient (Wildman–Crippen LogP) is 2.27. The van der Waals surface area contributed by atoms with Gasteiger partial charge in [0.2, 0.25) is 5.91 Å². The number of methoxy groups -OCH3 is 2. The summed E-state index contributed by atoms with van der Waals surface area (Å²) < 4.78 is 10.7. The van der Waals surface area contributed by atoms with Crippen molar-refractivity contribution in [2.75, 3.05) is 27.3 Å². The molecule has 0 aliphatic carbocycles. The number of amides is 1. The fourth-order valence-corrected chi connectivity index (χ4v) is 3.56. The van der Waals surface area contributed by atoms with Gasteiger partial charge >= 0.3 is 0 Å². The van der Waals surface area contributed by atoms with Gasteiger partial charge in [-0.3, -0.25) is 9.69 Å². The third-order valence-corrected chi connectivity index (χ3v) is 5.27. The van der Waals surface area contributed by atoms with Gasteiger partial charge in [-0.1, -0.05) is 30.3 Å². The second-order valence-electron chi connectivity index (χ2n) is 7.48. The topological polar surface area (TPSA) is 76.8 Å². The molecule has 6 heteroatoms. The minimum atomic E-state index is -1.05. The number of benzene rings is 2. The van der Waals surface area contributed by atoms with Crippen LogP contribution in [-0.2, 0) is 16.9 Å². The number of nitrogens with zero attached hydrogens (tertiary/aromatic N) is 1. The Kier molecular flexibility index (Phi) is 6.21. The third kappa shape index (κ3) is 4.64. The van der Waals surface area contributed by atoms with E-state index in [4.69, 9.17) is 15.2 Å². The lowest BCUT2D eigenvalue weighted by Gasteiger charge is -2.26. The molecule has 3 rings (SSSR count). The molecule has 1 aliphatic rings. The Bertz CT molecular complexity index is 786. The lowest BCUT2D eigenvalue weighted by Crippen LogP contribution is -2.52. The molecule has 2 atom stereocenters. The maximum Gasteiger partial charge on any atom is 0.244 e. The zero-order valence-corrected chi connectivity index (χ0v) is 16.8. The van der Waals surface area contributed by atoms with E-state index in [1.807, 2.05) is 48.5 Å². The first kappa shape index (κ1) is 20.2. The number of hydrogen-bond donors (Lipinski definition) is 2. The monoisotopic (exact) mass is 383 g/mol. The molecular weight excluding hydrogens is 354 g/mol. The van der Waals surface area contributed by atoms with E-state index < -0.39 is 5.54 Å². The zero-order chi connectivity index (χ0) is 20.1. The van der Waals surface area contributed by atoms with Crippen LogP contribution in [-0.4, -0.2) is 44.2 Å². The molecule has 0 bridgehead atoms. The minimum absolute atomic E-state index is 0.0894. The van der Waals surface area contributed by atoms with Gasteiger partial charge in [-0.2, -0.15) is 0 Å². The van der Waals surface area contributed by atoms with Crippen LogP contribution in [0.2, 0.25) is 0 Å². The Balaban J connectivity index is 1.59. The van der Waals surface area contributed by atoms with Gasteiger partial charge in [0.25, 0.3) is 0 Å². The van der Waals surface area contributed by atoms with Gasteiger partial charge in [0.15, 0.2) is 0 Å². The van der Waals surface area contributed by atoms with E-state index in [0.717, 1.165) is 48.7 Å². The SMILES string of the molecule is COc1cc(CN2CCC(NC(=O)C(C)(N)c3ccccc3)C2)cc(OC)c1. The first-order valence-electron chi connectivity index (χ1n) is 9.52. The number of ether oxygens (including phenoxy) is 2. The number of nitrogens with one attached hydrogen (secondary N) is 1. The standard InChI is InChI=1S/C22H29N3O3/c1-22(23,17-7-5-4-6-8-17)21(26)24-18-9-10-25(15-18)14-16-11-19(27-2)13-20(12-16)28-3/h4-8,11-13,18H,9-10,14-15,23H2,1-3H3,(H,24,26). The molecule has 0 aromatic heterocycles. The molecule has 3 N–H and O–H groups in total. The van der Waals surface area contributed by atoms with E-state index in [1.165, 1.54) is 0 Å². The van der Waals surface area contributed by atoms with Gasteiger partial charge in [0.1, 0.15) is 17.0 Å². The van der Waals surface area contributed by atoms with Gasteiger partial charge < -0.3 is 20.5 Å². The van der Waals surface area contributed by atoms with Crippen LogP contribution in [0.15, 0.2) is 48.5 Å². The first-order chi connectivity index (χ1) is 13.4. The van der Waals surface area contributed by atoms with Crippen molar-refractivity contribution in [2.45, 2.75) is 31.5 Å². The highest BCUT2D eigenvalue weighted by atomic mass is 16.5. The Morgan fingerprint density at radius 2 is 1.82 bits per heavy atom. The predicted molar refractivity (Wildman–Crippen MR) is 109 cm³/mol. The molecule has 150 valence electrons. The number of carbonyl (C=O) groups is 1. The van der Waals surface area contributed by atoms with Gasteiger partial charge in [0.05, 0.1) is 14.2 Å². The molecule has 1 aliphatic heterocycles. The lowest BCUT2D eigenvalue weighted by atomic mass is 9.92. The molecule has 6 nitrogen and oxygen atoms in total. The highest BCUT2D eigenvalue weighted by molar-refractivity contribution is 5.87. The largest absolute Gasteiger partial charge is 0.497 e. The maximum absolute atomic E-state index is 12.8. The fraction of sp³-hybridized carbons (Fsp3) is 0.409. The summed E-state index contributed by atoms with van der Waals surface area (Å²) >= 11 is 0. The van der Waals surface area contributed by atoms with Crippen LogP contribution < -0.4 is 20.5 Å². The van der Waals surface area contributed by atoms with Crippen LogP contribution in [0, 0.1) is 0 Å². The normalized spacial score (nSPS) is 19.1. The van der Waals surface area contributed by atoms with Crippen molar-refractivity contribution in [3.05, 3.63) is 59.7 Å². The summed E-state index contributed by atoms with van der Waals surface area (Å²) in [5.74, 6) is 1.41. The Hall–Kier alpha value is -2.57. The molecule has 1 saturated heterocycles. The van der Waals surface area contributed by atoms with Crippen molar-refractivity contribution in [1.29, 1.82) is 0 Å². The average Bonchev–Trinajstić information content (AvgIpc) is 3.14. The Morgan fingerprint density at radius 1 is 1.18 bits per heavy atom. The van der Waals surface area contributed by atoms with Crippen LogP contribution in [0.1, 0.15) is 24.5 Å². The molecular formula is C22H29N3O3. The van der Waals surface area contributed by atoms with Crippen molar-refractivity contribution in [1.82, 2.24) is 10.2 Å². The van der Waals surface area contributed by atoms with Crippen molar-refractivity contribution in [2.24, 2.45) is 5.73 Å². The van der Waals surface area contributed by atoms with E-state index in [9.17, 15) is 4.79 Å². The first-order valence-corrected chi connectivity index (χ1v) is 9.52. The van der Waals surface area contributed by atoms with Crippen LogP contribution >= 0.6 is 0 Å². The molecule has 2 unspecified atom stereocenters. The van der Waals surface area contributed by atoms with Crippen molar-refractivity contribution in [3.63, 3.8) is 0 Å². The van der Waals surface area contributed by atoms with Crippen LogP contribution in [0.5, 0.6) is 11.5 Å². The average molecular weight is 383 g/mol. The molecule has 1 amide bonds.